The zero-order valence-electron chi connectivity index (χ0n) is 12.2. The molecule has 116 valence electrons. The normalized spacial score (nSPS) is 20.8. The van der Waals surface area contributed by atoms with Crippen molar-refractivity contribution in [1.29, 1.82) is 0 Å². The Labute approximate surface area is 130 Å². The van der Waals surface area contributed by atoms with Crippen molar-refractivity contribution in [1.82, 2.24) is 14.3 Å². The van der Waals surface area contributed by atoms with Gasteiger partial charge in [-0.1, -0.05) is 11.6 Å². The van der Waals surface area contributed by atoms with Gasteiger partial charge in [0.2, 0.25) is 10.0 Å². The van der Waals surface area contributed by atoms with Gasteiger partial charge in [0, 0.05) is 37.7 Å². The molecule has 0 spiro atoms. The van der Waals surface area contributed by atoms with Crippen LogP contribution in [-0.4, -0.2) is 55.1 Å². The first kappa shape index (κ1) is 15.0. The fraction of sp³-hybridized carbons (Fsp3) is 0.692. The van der Waals surface area contributed by atoms with E-state index in [9.17, 15) is 8.42 Å². The second-order valence-electron chi connectivity index (χ2n) is 5.74. The lowest BCUT2D eigenvalue weighted by Gasteiger charge is -2.34. The molecule has 0 amide bonds. The maximum absolute atomic E-state index is 11.6. The molecule has 0 bridgehead atoms. The van der Waals surface area contributed by atoms with Gasteiger partial charge < -0.3 is 4.90 Å². The molecule has 1 aliphatic heterocycles. The van der Waals surface area contributed by atoms with Crippen LogP contribution in [0.25, 0.3) is 0 Å². The lowest BCUT2D eigenvalue weighted by molar-refractivity contribution is 0.386. The fourth-order valence-corrected chi connectivity index (χ4v) is 3.56. The lowest BCUT2D eigenvalue weighted by Crippen LogP contribution is -2.48. The Morgan fingerprint density at radius 2 is 1.76 bits per heavy atom. The molecule has 2 fully saturated rings. The lowest BCUT2D eigenvalue weighted by atomic mass is 10.2. The number of rotatable bonds is 3. The molecule has 1 saturated heterocycles. The van der Waals surface area contributed by atoms with Crippen molar-refractivity contribution in [2.24, 2.45) is 0 Å². The van der Waals surface area contributed by atoms with Crippen molar-refractivity contribution in [3.63, 3.8) is 0 Å². The van der Waals surface area contributed by atoms with Gasteiger partial charge in [-0.2, -0.15) is 4.31 Å². The van der Waals surface area contributed by atoms with Gasteiger partial charge in [-0.3, -0.25) is 0 Å². The molecule has 0 radical (unpaired) electrons. The number of hydrogen-bond donors (Lipinski definition) is 0. The van der Waals surface area contributed by atoms with Crippen LogP contribution < -0.4 is 4.90 Å². The number of nitrogens with zero attached hydrogens (tertiary/aromatic N) is 4. The Hall–Kier alpha value is -0.920. The summed E-state index contributed by atoms with van der Waals surface area (Å²) >= 11 is 6.23. The summed E-state index contributed by atoms with van der Waals surface area (Å²) in [5.74, 6) is 2.12. The molecule has 2 aliphatic rings. The van der Waals surface area contributed by atoms with Crippen molar-refractivity contribution < 1.29 is 8.42 Å². The topological polar surface area (TPSA) is 66.4 Å². The summed E-state index contributed by atoms with van der Waals surface area (Å²) in [5, 5.41) is 0.507. The maximum Gasteiger partial charge on any atom is 0.211 e. The van der Waals surface area contributed by atoms with E-state index < -0.39 is 10.0 Å². The maximum atomic E-state index is 11.6. The largest absolute Gasteiger partial charge is 0.354 e. The molecule has 3 rings (SSSR count). The van der Waals surface area contributed by atoms with E-state index in [0.717, 1.165) is 30.0 Å². The van der Waals surface area contributed by atoms with Crippen LogP contribution in [0.15, 0.2) is 0 Å². The average Bonchev–Trinajstić information content (AvgIpc) is 3.25. The molecule has 1 aliphatic carbocycles. The van der Waals surface area contributed by atoms with Crippen LogP contribution in [0.3, 0.4) is 0 Å². The van der Waals surface area contributed by atoms with Crippen molar-refractivity contribution >= 4 is 27.4 Å². The third-order valence-corrected chi connectivity index (χ3v) is 5.70. The molecule has 0 N–H and O–H groups in total. The highest BCUT2D eigenvalue weighted by Gasteiger charge is 2.30. The highest BCUT2D eigenvalue weighted by molar-refractivity contribution is 7.88. The van der Waals surface area contributed by atoms with E-state index in [1.165, 1.54) is 10.6 Å². The molecule has 0 aromatic carbocycles. The summed E-state index contributed by atoms with van der Waals surface area (Å²) in [6, 6.07) is 0. The Morgan fingerprint density at radius 3 is 2.29 bits per heavy atom. The fourth-order valence-electron chi connectivity index (χ4n) is 2.56. The Balaban J connectivity index is 1.81. The summed E-state index contributed by atoms with van der Waals surface area (Å²) in [7, 11) is -3.11. The Bertz CT molecular complexity index is 652. The first-order valence-electron chi connectivity index (χ1n) is 7.10. The molecule has 0 atom stereocenters. The first-order valence-corrected chi connectivity index (χ1v) is 9.33. The van der Waals surface area contributed by atoms with Crippen LogP contribution >= 0.6 is 11.6 Å². The molecule has 1 aromatic rings. The Morgan fingerprint density at radius 1 is 1.14 bits per heavy atom. The van der Waals surface area contributed by atoms with Gasteiger partial charge in [0.25, 0.3) is 0 Å². The minimum atomic E-state index is -3.11. The van der Waals surface area contributed by atoms with Gasteiger partial charge in [-0.05, 0) is 19.8 Å². The number of hydrogen-bond acceptors (Lipinski definition) is 5. The number of sulfonamides is 1. The van der Waals surface area contributed by atoms with Gasteiger partial charge in [0.15, 0.2) is 0 Å². The van der Waals surface area contributed by atoms with E-state index in [2.05, 4.69) is 14.9 Å². The number of halogens is 1. The highest BCUT2D eigenvalue weighted by Crippen LogP contribution is 2.40. The van der Waals surface area contributed by atoms with Crippen LogP contribution in [-0.2, 0) is 10.0 Å². The molecule has 21 heavy (non-hydrogen) atoms. The van der Waals surface area contributed by atoms with E-state index in [0.29, 0.717) is 37.3 Å². The van der Waals surface area contributed by atoms with Gasteiger partial charge in [0.05, 0.1) is 6.26 Å². The zero-order valence-corrected chi connectivity index (χ0v) is 13.8. The van der Waals surface area contributed by atoms with Gasteiger partial charge in [0.1, 0.15) is 16.8 Å². The quantitative estimate of drug-likeness (QED) is 0.784. The molecular formula is C13H19ClN4O2S. The highest BCUT2D eigenvalue weighted by atomic mass is 35.5. The molecular weight excluding hydrogens is 312 g/mol. The third-order valence-electron chi connectivity index (χ3n) is 4.03. The molecule has 6 nitrogen and oxygen atoms in total. The van der Waals surface area contributed by atoms with E-state index in [1.807, 2.05) is 6.92 Å². The minimum absolute atomic E-state index is 0.444. The standard InChI is InChI=1S/C13H19ClN4O2S/c1-9-11(14)15-12(10-3-4-10)16-13(9)17-5-7-18(8-6-17)21(2,19)20/h10H,3-8H2,1-2H3. The molecule has 0 unspecified atom stereocenters. The SMILES string of the molecule is Cc1c(Cl)nc(C2CC2)nc1N1CCN(S(C)(=O)=O)CC1. The smallest absolute Gasteiger partial charge is 0.211 e. The van der Waals surface area contributed by atoms with Crippen LogP contribution in [0.5, 0.6) is 0 Å². The summed E-state index contributed by atoms with van der Waals surface area (Å²) < 4.78 is 24.6. The minimum Gasteiger partial charge on any atom is -0.354 e. The molecule has 1 aromatic heterocycles. The van der Waals surface area contributed by atoms with Crippen LogP contribution in [0.1, 0.15) is 30.1 Å². The second kappa shape index (κ2) is 5.37. The third kappa shape index (κ3) is 3.14. The van der Waals surface area contributed by atoms with Crippen molar-refractivity contribution in [2.45, 2.75) is 25.7 Å². The Kier molecular flexibility index (Phi) is 3.83. The predicted molar refractivity (Wildman–Crippen MR) is 82.4 cm³/mol. The molecule has 8 heteroatoms. The van der Waals surface area contributed by atoms with E-state index in [-0.39, 0.29) is 0 Å². The summed E-state index contributed by atoms with van der Waals surface area (Å²) in [6.45, 7) is 4.14. The van der Waals surface area contributed by atoms with Crippen LogP contribution in [0.2, 0.25) is 5.15 Å². The molecule has 1 saturated carbocycles. The molecule has 2 heterocycles. The summed E-state index contributed by atoms with van der Waals surface area (Å²) in [4.78, 5) is 11.1. The van der Waals surface area contributed by atoms with Gasteiger partial charge >= 0.3 is 0 Å². The van der Waals surface area contributed by atoms with Crippen molar-refractivity contribution in [3.05, 3.63) is 16.5 Å². The summed E-state index contributed by atoms with van der Waals surface area (Å²) in [5.41, 5.74) is 0.869. The monoisotopic (exact) mass is 330 g/mol. The van der Waals surface area contributed by atoms with Gasteiger partial charge in [-0.15, -0.1) is 0 Å². The van der Waals surface area contributed by atoms with Crippen LogP contribution in [0, 0.1) is 6.92 Å². The second-order valence-corrected chi connectivity index (χ2v) is 8.09. The van der Waals surface area contributed by atoms with Crippen LogP contribution in [0.4, 0.5) is 5.82 Å². The summed E-state index contributed by atoms with van der Waals surface area (Å²) in [6.07, 6.45) is 3.50. The number of aromatic nitrogens is 2. The number of anilines is 1. The predicted octanol–water partition coefficient (Wildman–Crippen LogP) is 1.40. The average molecular weight is 331 g/mol. The zero-order chi connectivity index (χ0) is 15.2. The first-order chi connectivity index (χ1) is 9.86. The van der Waals surface area contributed by atoms with E-state index in [1.54, 1.807) is 0 Å². The number of piperazine rings is 1. The van der Waals surface area contributed by atoms with Crippen molar-refractivity contribution in [3.8, 4) is 0 Å². The van der Waals surface area contributed by atoms with Crippen molar-refractivity contribution in [2.75, 3.05) is 37.3 Å². The van der Waals surface area contributed by atoms with E-state index >= 15 is 0 Å². The van der Waals surface area contributed by atoms with Gasteiger partial charge in [-0.25, -0.2) is 18.4 Å². The van der Waals surface area contributed by atoms with E-state index in [4.69, 9.17) is 11.6 Å².